The topological polar surface area (TPSA) is 138 Å². The number of aromatic carboxylic acids is 1. The molecular weight excluding hydrogens is 357 g/mol. The molecule has 2 aromatic rings. The standard InChI is InChI=1S/C11H10N2O6S.3Na/c1-6-4-7(20(17,18)19)2-3-9(6)13-10(14)5-8(12-13)11(15)16;;;/h2-5,14H,1H3,(H,15,16)(H,17,18,19);;;/q;3*+1/p-3. The van der Waals surface area contributed by atoms with Gasteiger partial charge >= 0.3 is 88.7 Å². The molecule has 0 saturated heterocycles. The first kappa shape index (κ1) is 25.8. The second kappa shape index (κ2) is 9.93. The molecule has 0 spiro atoms. The Hall–Kier alpha value is 0.610. The maximum atomic E-state index is 11.6. The zero-order valence-electron chi connectivity index (χ0n) is 13.1. The smallest absolute Gasteiger partial charge is 0.859 e. The van der Waals surface area contributed by atoms with E-state index in [1.807, 2.05) is 0 Å². The molecule has 0 bridgehead atoms. The number of benzene rings is 1. The van der Waals surface area contributed by atoms with Crippen LogP contribution >= 0.6 is 0 Å². The van der Waals surface area contributed by atoms with Gasteiger partial charge in [-0.2, -0.15) is 5.10 Å². The molecule has 106 valence electrons. The van der Waals surface area contributed by atoms with Crippen LogP contribution in [0.3, 0.4) is 0 Å². The number of carboxylic acids is 1. The second-order valence-corrected chi connectivity index (χ2v) is 5.35. The molecule has 2 rings (SSSR count). The normalized spacial score (nSPS) is 10.0. The van der Waals surface area contributed by atoms with E-state index in [0.717, 1.165) is 22.9 Å². The molecule has 0 saturated carbocycles. The van der Waals surface area contributed by atoms with E-state index in [0.29, 0.717) is 0 Å². The Kier molecular flexibility index (Phi) is 11.2. The van der Waals surface area contributed by atoms with Gasteiger partial charge in [0.25, 0.3) is 0 Å². The molecule has 1 aromatic heterocycles. The van der Waals surface area contributed by atoms with Crippen LogP contribution in [-0.4, -0.2) is 28.7 Å². The number of aryl methyl sites for hydroxylation is 1. The van der Waals surface area contributed by atoms with Crippen molar-refractivity contribution >= 4 is 16.1 Å². The zero-order chi connectivity index (χ0) is 15.1. The van der Waals surface area contributed by atoms with Gasteiger partial charge in [-0.1, -0.05) is 0 Å². The summed E-state index contributed by atoms with van der Waals surface area (Å²) < 4.78 is 33.4. The molecular formula is C11H7N2Na3O6S. The van der Waals surface area contributed by atoms with Crippen LogP contribution in [-0.2, 0) is 10.1 Å². The van der Waals surface area contributed by atoms with Crippen molar-refractivity contribution in [2.75, 3.05) is 0 Å². The van der Waals surface area contributed by atoms with E-state index >= 15 is 0 Å². The van der Waals surface area contributed by atoms with Gasteiger partial charge in [-0.25, -0.2) is 13.1 Å². The molecule has 0 N–H and O–H groups in total. The number of nitrogens with zero attached hydrogens (tertiary/aromatic N) is 2. The Morgan fingerprint density at radius 2 is 1.74 bits per heavy atom. The van der Waals surface area contributed by atoms with E-state index in [-0.39, 0.29) is 99.9 Å². The first-order valence-corrected chi connectivity index (χ1v) is 6.66. The van der Waals surface area contributed by atoms with E-state index in [2.05, 4.69) is 5.10 Å². The third-order valence-corrected chi connectivity index (χ3v) is 3.40. The van der Waals surface area contributed by atoms with Gasteiger partial charge in [-0.15, -0.1) is 0 Å². The van der Waals surface area contributed by atoms with E-state index < -0.39 is 32.6 Å². The Labute approximate surface area is 198 Å². The molecule has 1 aromatic carbocycles. The first-order valence-electron chi connectivity index (χ1n) is 5.25. The molecule has 8 nitrogen and oxygen atoms in total. The maximum Gasteiger partial charge on any atom is 1.00 e. The predicted octanol–water partition coefficient (Wildman–Crippen LogP) is -10.5. The molecule has 0 aliphatic rings. The van der Waals surface area contributed by atoms with Crippen LogP contribution in [0.4, 0.5) is 0 Å². The molecule has 1 heterocycles. The number of hydrogen-bond acceptors (Lipinski definition) is 7. The van der Waals surface area contributed by atoms with Crippen LogP contribution in [0.25, 0.3) is 5.69 Å². The Morgan fingerprint density at radius 3 is 2.13 bits per heavy atom. The largest absolute Gasteiger partial charge is 1.00 e. The monoisotopic (exact) mass is 364 g/mol. The van der Waals surface area contributed by atoms with E-state index in [9.17, 15) is 28.0 Å². The summed E-state index contributed by atoms with van der Waals surface area (Å²) in [6.45, 7) is 1.46. The van der Waals surface area contributed by atoms with Crippen molar-refractivity contribution in [1.82, 2.24) is 9.78 Å². The molecule has 0 atom stereocenters. The van der Waals surface area contributed by atoms with E-state index in [4.69, 9.17) is 0 Å². The Balaban J connectivity index is 0. The van der Waals surface area contributed by atoms with Gasteiger partial charge in [0.05, 0.1) is 16.6 Å². The van der Waals surface area contributed by atoms with E-state index in [1.165, 1.54) is 13.0 Å². The summed E-state index contributed by atoms with van der Waals surface area (Å²) in [6.07, 6.45) is 0. The van der Waals surface area contributed by atoms with Gasteiger partial charge in [-0.3, -0.25) is 0 Å². The average molecular weight is 364 g/mol. The van der Waals surface area contributed by atoms with Gasteiger partial charge in [0.15, 0.2) is 0 Å². The average Bonchev–Trinajstić information content (AvgIpc) is 2.70. The Bertz CT molecular complexity index is 806. The van der Waals surface area contributed by atoms with Crippen LogP contribution in [0.2, 0.25) is 0 Å². The van der Waals surface area contributed by atoms with E-state index in [1.54, 1.807) is 0 Å². The number of carbonyl (C=O) groups is 1. The minimum atomic E-state index is -4.60. The van der Waals surface area contributed by atoms with Gasteiger partial charge in [-0.05, 0) is 42.6 Å². The van der Waals surface area contributed by atoms with Crippen LogP contribution in [0.15, 0.2) is 29.2 Å². The van der Waals surface area contributed by atoms with Crippen LogP contribution < -0.4 is 98.9 Å². The van der Waals surface area contributed by atoms with Crippen molar-refractivity contribution in [3.8, 4) is 11.6 Å². The second-order valence-electron chi connectivity index (χ2n) is 3.97. The van der Waals surface area contributed by atoms with Gasteiger partial charge in [0.1, 0.15) is 15.8 Å². The molecule has 0 fully saturated rings. The SMILES string of the molecule is Cc1cc(S(=O)(=O)[O-])ccc1-n1nc(C(=O)[O-])cc1[O-].[Na+].[Na+].[Na+]. The van der Waals surface area contributed by atoms with Gasteiger partial charge in [0, 0.05) is 0 Å². The number of rotatable bonds is 3. The van der Waals surface area contributed by atoms with Crippen LogP contribution in [0.5, 0.6) is 5.88 Å². The summed E-state index contributed by atoms with van der Waals surface area (Å²) in [5.41, 5.74) is -0.0724. The number of hydrogen-bond donors (Lipinski definition) is 0. The minimum Gasteiger partial charge on any atom is -0.859 e. The third kappa shape index (κ3) is 6.12. The van der Waals surface area contributed by atoms with Gasteiger partial charge < -0.3 is 19.6 Å². The van der Waals surface area contributed by atoms with Crippen molar-refractivity contribution in [3.05, 3.63) is 35.5 Å². The summed E-state index contributed by atoms with van der Waals surface area (Å²) in [6, 6.07) is 4.09. The Morgan fingerprint density at radius 1 is 1.17 bits per heavy atom. The molecule has 0 aliphatic carbocycles. The molecule has 0 unspecified atom stereocenters. The molecule has 0 aliphatic heterocycles. The summed E-state index contributed by atoms with van der Waals surface area (Å²) in [4.78, 5) is 10.2. The first-order chi connectivity index (χ1) is 9.20. The zero-order valence-corrected chi connectivity index (χ0v) is 19.9. The fraction of sp³-hybridized carbons (Fsp3) is 0.0909. The molecule has 23 heavy (non-hydrogen) atoms. The summed E-state index contributed by atoms with van der Waals surface area (Å²) in [7, 11) is -4.60. The van der Waals surface area contributed by atoms with Gasteiger partial charge in [0.2, 0.25) is 0 Å². The predicted molar refractivity (Wildman–Crippen MR) is 60.0 cm³/mol. The molecule has 0 amide bonds. The van der Waals surface area contributed by atoms with Crippen LogP contribution in [0, 0.1) is 6.92 Å². The summed E-state index contributed by atoms with van der Waals surface area (Å²) >= 11 is 0. The maximum absolute atomic E-state index is 11.6. The van der Waals surface area contributed by atoms with Crippen molar-refractivity contribution in [2.24, 2.45) is 0 Å². The van der Waals surface area contributed by atoms with Crippen molar-refractivity contribution in [3.63, 3.8) is 0 Å². The van der Waals surface area contributed by atoms with Crippen molar-refractivity contribution in [1.29, 1.82) is 0 Å². The fourth-order valence-corrected chi connectivity index (χ4v) is 2.21. The molecule has 12 heteroatoms. The number of carboxylic acid groups (broad SMARTS) is 1. The molecule has 0 radical (unpaired) electrons. The third-order valence-electron chi connectivity index (χ3n) is 2.57. The summed E-state index contributed by atoms with van der Waals surface area (Å²) in [5.74, 6) is -2.30. The quantitative estimate of drug-likeness (QED) is 0.389. The number of carbonyl (C=O) groups excluding carboxylic acids is 1. The van der Waals surface area contributed by atoms with Crippen molar-refractivity contribution < 1.29 is 117 Å². The summed E-state index contributed by atoms with van der Waals surface area (Å²) in [5, 5.41) is 25.8. The van der Waals surface area contributed by atoms with Crippen LogP contribution in [0.1, 0.15) is 16.1 Å². The van der Waals surface area contributed by atoms with Crippen molar-refractivity contribution in [2.45, 2.75) is 11.8 Å². The number of aromatic nitrogens is 2. The minimum absolute atomic E-state index is 0. The fourth-order valence-electron chi connectivity index (χ4n) is 1.66.